The van der Waals surface area contributed by atoms with E-state index in [-0.39, 0.29) is 22.2 Å². The van der Waals surface area contributed by atoms with Crippen LogP contribution >= 0.6 is 23.5 Å². The summed E-state index contributed by atoms with van der Waals surface area (Å²) >= 11 is 2.66. The molecule has 8 heteroatoms. The summed E-state index contributed by atoms with van der Waals surface area (Å²) < 4.78 is 0. The van der Waals surface area contributed by atoms with Crippen LogP contribution in [0.15, 0.2) is 24.3 Å². The van der Waals surface area contributed by atoms with Crippen LogP contribution in [0.3, 0.4) is 0 Å². The third kappa shape index (κ3) is 8.83. The summed E-state index contributed by atoms with van der Waals surface area (Å²) in [4.78, 5) is 11.0. The molecule has 24 heavy (non-hydrogen) atoms. The van der Waals surface area contributed by atoms with Crippen LogP contribution in [0.5, 0.6) is 0 Å². The summed E-state index contributed by atoms with van der Waals surface area (Å²) in [5.74, 6) is 1.70. The molecular formula is C16H25N5OS2. The Labute approximate surface area is 151 Å². The molecule has 0 aliphatic carbocycles. The summed E-state index contributed by atoms with van der Waals surface area (Å²) in [6.07, 6.45) is 1.67. The molecule has 0 unspecified atom stereocenters. The smallest absolute Gasteiger partial charge is 0.216 e. The van der Waals surface area contributed by atoms with Crippen molar-refractivity contribution in [1.29, 1.82) is 10.8 Å². The van der Waals surface area contributed by atoms with Crippen molar-refractivity contribution in [2.45, 2.75) is 25.7 Å². The van der Waals surface area contributed by atoms with Gasteiger partial charge in [-0.05, 0) is 29.9 Å². The van der Waals surface area contributed by atoms with Crippen molar-refractivity contribution >= 4 is 39.8 Å². The Bertz CT molecular complexity index is 562. The molecule has 0 heterocycles. The van der Waals surface area contributed by atoms with Gasteiger partial charge in [-0.1, -0.05) is 47.8 Å². The maximum absolute atomic E-state index is 11.0. The second-order valence-electron chi connectivity index (χ2n) is 5.35. The van der Waals surface area contributed by atoms with Crippen LogP contribution in [0.1, 0.15) is 30.4 Å². The van der Waals surface area contributed by atoms with Gasteiger partial charge in [0, 0.05) is 25.0 Å². The number of benzene rings is 1. The Kier molecular flexibility index (Phi) is 9.33. The van der Waals surface area contributed by atoms with E-state index in [0.29, 0.717) is 12.3 Å². The molecule has 0 fully saturated rings. The number of carbonyl (C=O) groups is 1. The van der Waals surface area contributed by atoms with Crippen molar-refractivity contribution < 1.29 is 4.79 Å². The van der Waals surface area contributed by atoms with Gasteiger partial charge in [0.25, 0.3) is 0 Å². The first-order chi connectivity index (χ1) is 11.4. The van der Waals surface area contributed by atoms with Crippen molar-refractivity contribution in [2.24, 2.45) is 11.5 Å². The maximum atomic E-state index is 11.0. The number of thioether (sulfide) groups is 2. The Morgan fingerprint density at radius 2 is 1.79 bits per heavy atom. The first-order valence-corrected chi connectivity index (χ1v) is 9.62. The first kappa shape index (κ1) is 20.4. The normalized spacial score (nSPS) is 11.7. The van der Waals surface area contributed by atoms with E-state index in [9.17, 15) is 4.79 Å². The molecule has 132 valence electrons. The molecule has 0 aliphatic heterocycles. The number of amidine groups is 2. The molecule has 1 rings (SSSR count). The fraction of sp³-hybridized carbons (Fsp3) is 0.438. The van der Waals surface area contributed by atoms with Crippen molar-refractivity contribution in [2.75, 3.05) is 18.1 Å². The van der Waals surface area contributed by atoms with Gasteiger partial charge in [0.05, 0.1) is 0 Å². The van der Waals surface area contributed by atoms with Gasteiger partial charge < -0.3 is 16.8 Å². The molecule has 1 aromatic rings. The van der Waals surface area contributed by atoms with Crippen molar-refractivity contribution in [3.8, 4) is 0 Å². The monoisotopic (exact) mass is 367 g/mol. The topological polar surface area (TPSA) is 129 Å². The molecular weight excluding hydrogens is 342 g/mol. The highest BCUT2D eigenvalue weighted by Gasteiger charge is 2.13. The molecule has 0 aromatic heterocycles. The van der Waals surface area contributed by atoms with Crippen LogP contribution in [-0.4, -0.2) is 34.3 Å². The van der Waals surface area contributed by atoms with Crippen LogP contribution in [-0.2, 0) is 11.2 Å². The largest absolute Gasteiger partial charge is 0.379 e. The number of amides is 1. The minimum Gasteiger partial charge on any atom is -0.379 e. The van der Waals surface area contributed by atoms with Gasteiger partial charge in [-0.25, -0.2) is 0 Å². The molecule has 6 nitrogen and oxygen atoms in total. The first-order valence-electron chi connectivity index (χ1n) is 7.65. The van der Waals surface area contributed by atoms with Gasteiger partial charge in [0.2, 0.25) is 5.91 Å². The summed E-state index contributed by atoms with van der Waals surface area (Å²) in [6, 6.07) is 8.35. The second-order valence-corrected chi connectivity index (χ2v) is 7.55. The zero-order valence-corrected chi connectivity index (χ0v) is 15.4. The SMILES string of the molecule is CC(=O)NCC[C@@H](CSC(=N)N)c1ccc(CCSC(=N)N)cc1. The summed E-state index contributed by atoms with van der Waals surface area (Å²) in [6.45, 7) is 2.11. The Hall–Kier alpha value is -1.67. The van der Waals surface area contributed by atoms with Gasteiger partial charge in [-0.3, -0.25) is 15.6 Å². The number of rotatable bonds is 9. The Balaban J connectivity index is 2.64. The highest BCUT2D eigenvalue weighted by Crippen LogP contribution is 2.24. The van der Waals surface area contributed by atoms with E-state index in [4.69, 9.17) is 22.3 Å². The number of nitrogens with two attached hydrogens (primary N) is 2. The highest BCUT2D eigenvalue weighted by atomic mass is 32.2. The minimum absolute atomic E-state index is 0.0358. The highest BCUT2D eigenvalue weighted by molar-refractivity contribution is 8.13. The Morgan fingerprint density at radius 3 is 2.33 bits per heavy atom. The molecule has 0 saturated carbocycles. The molecule has 0 saturated heterocycles. The van der Waals surface area contributed by atoms with Crippen molar-refractivity contribution in [3.05, 3.63) is 35.4 Å². The van der Waals surface area contributed by atoms with Crippen LogP contribution < -0.4 is 16.8 Å². The summed E-state index contributed by atoms with van der Waals surface area (Å²) in [5.41, 5.74) is 13.2. The summed E-state index contributed by atoms with van der Waals surface area (Å²) in [7, 11) is 0. The molecule has 0 bridgehead atoms. The predicted octanol–water partition coefficient (Wildman–Crippen LogP) is 2.09. The summed E-state index contributed by atoms with van der Waals surface area (Å²) in [5, 5.41) is 17.7. The third-order valence-electron chi connectivity index (χ3n) is 3.41. The molecule has 0 aliphatic rings. The maximum Gasteiger partial charge on any atom is 0.216 e. The van der Waals surface area contributed by atoms with Crippen molar-refractivity contribution in [1.82, 2.24) is 5.32 Å². The third-order valence-corrected chi connectivity index (χ3v) is 5.01. The van der Waals surface area contributed by atoms with E-state index >= 15 is 0 Å². The lowest BCUT2D eigenvalue weighted by atomic mass is 9.96. The molecule has 7 N–H and O–H groups in total. The zero-order valence-electron chi connectivity index (χ0n) is 13.8. The van der Waals surface area contributed by atoms with E-state index in [1.807, 2.05) is 0 Å². The van der Waals surface area contributed by atoms with E-state index < -0.39 is 0 Å². The van der Waals surface area contributed by atoms with Crippen LogP contribution in [0.2, 0.25) is 0 Å². The van der Waals surface area contributed by atoms with Gasteiger partial charge >= 0.3 is 0 Å². The number of aryl methyl sites for hydroxylation is 1. The van der Waals surface area contributed by atoms with Crippen molar-refractivity contribution in [3.63, 3.8) is 0 Å². The second kappa shape index (κ2) is 11.0. The number of nitrogens with one attached hydrogen (secondary N) is 3. The van der Waals surface area contributed by atoms with E-state index in [0.717, 1.165) is 18.6 Å². The molecule has 0 radical (unpaired) electrons. The van der Waals surface area contributed by atoms with E-state index in [1.165, 1.54) is 41.6 Å². The lowest BCUT2D eigenvalue weighted by Gasteiger charge is -2.17. The lowest BCUT2D eigenvalue weighted by molar-refractivity contribution is -0.118. The molecule has 0 spiro atoms. The van der Waals surface area contributed by atoms with Crippen LogP contribution in [0.4, 0.5) is 0 Å². The van der Waals surface area contributed by atoms with Crippen LogP contribution in [0, 0.1) is 10.8 Å². The van der Waals surface area contributed by atoms with Gasteiger partial charge in [-0.2, -0.15) is 0 Å². The average Bonchev–Trinajstić information content (AvgIpc) is 2.50. The number of hydrogen-bond acceptors (Lipinski definition) is 5. The zero-order chi connectivity index (χ0) is 17.9. The predicted molar refractivity (Wildman–Crippen MR) is 105 cm³/mol. The number of carbonyl (C=O) groups excluding carboxylic acids is 1. The average molecular weight is 368 g/mol. The van der Waals surface area contributed by atoms with Gasteiger partial charge in [0.15, 0.2) is 10.3 Å². The fourth-order valence-corrected chi connectivity index (χ4v) is 3.49. The fourth-order valence-electron chi connectivity index (χ4n) is 2.19. The van der Waals surface area contributed by atoms with Gasteiger partial charge in [-0.15, -0.1) is 0 Å². The molecule has 1 amide bonds. The van der Waals surface area contributed by atoms with Gasteiger partial charge in [0.1, 0.15) is 0 Å². The lowest BCUT2D eigenvalue weighted by Crippen LogP contribution is -2.23. The molecule has 1 aromatic carbocycles. The van der Waals surface area contributed by atoms with E-state index in [2.05, 4.69) is 29.6 Å². The minimum atomic E-state index is -0.0358. The van der Waals surface area contributed by atoms with E-state index in [1.54, 1.807) is 0 Å². The Morgan fingerprint density at radius 1 is 1.17 bits per heavy atom. The quantitative estimate of drug-likeness (QED) is 0.337. The molecule has 1 atom stereocenters. The van der Waals surface area contributed by atoms with Crippen LogP contribution in [0.25, 0.3) is 0 Å². The standard InChI is InChI=1S/C16H25N5OS2/c1-11(22)21-8-6-14(10-24-16(19)20)13-4-2-12(3-5-13)7-9-23-15(17)18/h2-5,14H,6-10H2,1H3,(H3,17,18)(H3,19,20)(H,21,22)/t14-/m0/s1. The number of hydrogen-bond donors (Lipinski definition) is 5.